The lowest BCUT2D eigenvalue weighted by atomic mass is 10.2. The van der Waals surface area contributed by atoms with E-state index in [0.29, 0.717) is 11.4 Å². The Morgan fingerprint density at radius 1 is 1.50 bits per heavy atom. The van der Waals surface area contributed by atoms with Gasteiger partial charge in [-0.05, 0) is 19.8 Å². The average molecular weight is 244 g/mol. The molecule has 0 aliphatic carbocycles. The van der Waals surface area contributed by atoms with Crippen molar-refractivity contribution in [1.82, 2.24) is 15.1 Å². The third-order valence-corrected chi connectivity index (χ3v) is 2.80. The Morgan fingerprint density at radius 2 is 2.25 bits per heavy atom. The number of aryl methyl sites for hydroxylation is 1. The van der Waals surface area contributed by atoms with Crippen LogP contribution in [0.1, 0.15) is 35.3 Å². The number of aromatic amines is 1. The van der Waals surface area contributed by atoms with Crippen LogP contribution in [0.15, 0.2) is 6.20 Å². The highest BCUT2D eigenvalue weighted by Crippen LogP contribution is 2.07. The SMILES string of the molecule is Cc1[nH]ncc1C(=O)N(C)CCCCCCl. The van der Waals surface area contributed by atoms with Gasteiger partial charge in [0.2, 0.25) is 0 Å². The molecule has 1 aromatic heterocycles. The fraction of sp³-hybridized carbons (Fsp3) is 0.636. The van der Waals surface area contributed by atoms with Gasteiger partial charge in [-0.25, -0.2) is 0 Å². The number of amides is 1. The number of nitrogens with one attached hydrogen (secondary N) is 1. The van der Waals surface area contributed by atoms with Crippen molar-refractivity contribution in [3.63, 3.8) is 0 Å². The van der Waals surface area contributed by atoms with Crippen LogP contribution in [0.2, 0.25) is 0 Å². The number of unbranched alkanes of at least 4 members (excludes halogenated alkanes) is 2. The summed E-state index contributed by atoms with van der Waals surface area (Å²) in [6.45, 7) is 2.61. The summed E-state index contributed by atoms with van der Waals surface area (Å²) in [7, 11) is 1.81. The summed E-state index contributed by atoms with van der Waals surface area (Å²) >= 11 is 5.59. The van der Waals surface area contributed by atoms with Gasteiger partial charge in [0.15, 0.2) is 0 Å². The van der Waals surface area contributed by atoms with Crippen molar-refractivity contribution in [3.05, 3.63) is 17.5 Å². The fourth-order valence-electron chi connectivity index (χ4n) is 1.49. The Labute approximate surface area is 101 Å². The third-order valence-electron chi connectivity index (χ3n) is 2.53. The van der Waals surface area contributed by atoms with Crippen molar-refractivity contribution in [2.75, 3.05) is 19.5 Å². The molecule has 1 heterocycles. The minimum atomic E-state index is 0.0251. The van der Waals surface area contributed by atoms with Crippen LogP contribution >= 0.6 is 11.6 Å². The van der Waals surface area contributed by atoms with Crippen LogP contribution in [0.3, 0.4) is 0 Å². The van der Waals surface area contributed by atoms with E-state index in [4.69, 9.17) is 11.6 Å². The number of hydrogen-bond donors (Lipinski definition) is 1. The van der Waals surface area contributed by atoms with E-state index >= 15 is 0 Å². The maximum absolute atomic E-state index is 11.9. The molecule has 0 fully saturated rings. The Hall–Kier alpha value is -1.03. The van der Waals surface area contributed by atoms with Crippen molar-refractivity contribution in [2.24, 2.45) is 0 Å². The van der Waals surface area contributed by atoms with Crippen molar-refractivity contribution < 1.29 is 4.79 Å². The Kier molecular flexibility index (Phi) is 5.32. The molecule has 1 N–H and O–H groups in total. The first-order valence-corrected chi connectivity index (χ1v) is 6.01. The number of aromatic nitrogens is 2. The molecule has 0 spiro atoms. The second-order valence-corrected chi connectivity index (χ2v) is 4.26. The normalized spacial score (nSPS) is 10.4. The van der Waals surface area contributed by atoms with E-state index in [2.05, 4.69) is 10.2 Å². The van der Waals surface area contributed by atoms with Crippen LogP contribution in [-0.2, 0) is 0 Å². The highest BCUT2D eigenvalue weighted by atomic mass is 35.5. The molecule has 0 radical (unpaired) electrons. The van der Waals surface area contributed by atoms with Gasteiger partial charge in [0, 0.05) is 25.2 Å². The Bertz CT molecular complexity index is 338. The number of alkyl halides is 1. The van der Waals surface area contributed by atoms with Gasteiger partial charge in [-0.2, -0.15) is 5.10 Å². The fourth-order valence-corrected chi connectivity index (χ4v) is 1.68. The molecule has 4 nitrogen and oxygen atoms in total. The van der Waals surface area contributed by atoms with Gasteiger partial charge in [0.1, 0.15) is 0 Å². The highest BCUT2D eigenvalue weighted by Gasteiger charge is 2.14. The molecule has 1 aromatic rings. The van der Waals surface area contributed by atoms with Gasteiger partial charge in [0.05, 0.1) is 11.8 Å². The molecule has 0 aliphatic rings. The minimum absolute atomic E-state index is 0.0251. The van der Waals surface area contributed by atoms with Gasteiger partial charge in [-0.15, -0.1) is 11.6 Å². The zero-order valence-electron chi connectivity index (χ0n) is 9.79. The van der Waals surface area contributed by atoms with Crippen molar-refractivity contribution >= 4 is 17.5 Å². The number of nitrogens with zero attached hydrogens (tertiary/aromatic N) is 2. The molecule has 0 saturated carbocycles. The second kappa shape index (κ2) is 6.53. The van der Waals surface area contributed by atoms with Gasteiger partial charge in [-0.3, -0.25) is 9.89 Å². The largest absolute Gasteiger partial charge is 0.342 e. The molecule has 5 heteroatoms. The maximum Gasteiger partial charge on any atom is 0.257 e. The number of rotatable bonds is 6. The van der Waals surface area contributed by atoms with Crippen LogP contribution in [0.4, 0.5) is 0 Å². The van der Waals surface area contributed by atoms with Crippen molar-refractivity contribution in [2.45, 2.75) is 26.2 Å². The van der Waals surface area contributed by atoms with Crippen LogP contribution < -0.4 is 0 Å². The summed E-state index contributed by atoms with van der Waals surface area (Å²) in [5.74, 6) is 0.718. The van der Waals surface area contributed by atoms with Crippen molar-refractivity contribution in [1.29, 1.82) is 0 Å². The molecule has 0 aromatic carbocycles. The van der Waals surface area contributed by atoms with Gasteiger partial charge < -0.3 is 4.90 Å². The van der Waals surface area contributed by atoms with Crippen LogP contribution in [0.5, 0.6) is 0 Å². The predicted molar refractivity (Wildman–Crippen MR) is 64.9 cm³/mol. The zero-order valence-corrected chi connectivity index (χ0v) is 10.5. The van der Waals surface area contributed by atoms with E-state index in [1.807, 2.05) is 14.0 Å². The number of carbonyl (C=O) groups is 1. The lowest BCUT2D eigenvalue weighted by Gasteiger charge is -2.16. The van der Waals surface area contributed by atoms with E-state index in [-0.39, 0.29) is 5.91 Å². The maximum atomic E-state index is 11.9. The van der Waals surface area contributed by atoms with Gasteiger partial charge >= 0.3 is 0 Å². The van der Waals surface area contributed by atoms with Gasteiger partial charge in [-0.1, -0.05) is 6.42 Å². The van der Waals surface area contributed by atoms with Crippen LogP contribution in [-0.4, -0.2) is 40.5 Å². The second-order valence-electron chi connectivity index (χ2n) is 3.89. The minimum Gasteiger partial charge on any atom is -0.342 e. The third kappa shape index (κ3) is 3.52. The van der Waals surface area contributed by atoms with Crippen molar-refractivity contribution in [3.8, 4) is 0 Å². The Morgan fingerprint density at radius 3 is 2.81 bits per heavy atom. The summed E-state index contributed by atoms with van der Waals surface area (Å²) in [6.07, 6.45) is 4.64. The lowest BCUT2D eigenvalue weighted by molar-refractivity contribution is 0.0792. The van der Waals surface area contributed by atoms with E-state index in [0.717, 1.165) is 31.5 Å². The van der Waals surface area contributed by atoms with E-state index in [9.17, 15) is 4.79 Å². The first-order chi connectivity index (χ1) is 7.66. The average Bonchev–Trinajstić information content (AvgIpc) is 2.69. The van der Waals surface area contributed by atoms with Gasteiger partial charge in [0.25, 0.3) is 5.91 Å². The standard InChI is InChI=1S/C11H18ClN3O/c1-9-10(8-13-14-9)11(16)15(2)7-5-3-4-6-12/h8H,3-7H2,1-2H3,(H,13,14). The van der Waals surface area contributed by atoms with Crippen LogP contribution in [0.25, 0.3) is 0 Å². The molecule has 1 rings (SSSR count). The molecule has 0 aliphatic heterocycles. The topological polar surface area (TPSA) is 49.0 Å². The molecule has 0 bridgehead atoms. The highest BCUT2D eigenvalue weighted by molar-refractivity contribution is 6.17. The number of carbonyl (C=O) groups excluding carboxylic acids is 1. The molecule has 0 saturated heterocycles. The molecule has 0 atom stereocenters. The molecular formula is C11H18ClN3O. The number of hydrogen-bond acceptors (Lipinski definition) is 2. The number of H-pyrrole nitrogens is 1. The quantitative estimate of drug-likeness (QED) is 0.615. The first kappa shape index (κ1) is 13.0. The van der Waals surface area contributed by atoms with E-state index in [1.165, 1.54) is 0 Å². The summed E-state index contributed by atoms with van der Waals surface area (Å²) < 4.78 is 0. The summed E-state index contributed by atoms with van der Waals surface area (Å²) in [5.41, 5.74) is 1.47. The summed E-state index contributed by atoms with van der Waals surface area (Å²) in [4.78, 5) is 13.7. The summed E-state index contributed by atoms with van der Waals surface area (Å²) in [6, 6.07) is 0. The predicted octanol–water partition coefficient (Wildman–Crippen LogP) is 2.20. The van der Waals surface area contributed by atoms with Crippen LogP contribution in [0, 0.1) is 6.92 Å². The monoisotopic (exact) mass is 243 g/mol. The first-order valence-electron chi connectivity index (χ1n) is 5.48. The zero-order chi connectivity index (χ0) is 12.0. The Balaban J connectivity index is 2.40. The molecule has 16 heavy (non-hydrogen) atoms. The molecular weight excluding hydrogens is 226 g/mol. The molecule has 0 unspecified atom stereocenters. The smallest absolute Gasteiger partial charge is 0.257 e. The van der Waals surface area contributed by atoms with E-state index in [1.54, 1.807) is 11.1 Å². The lowest BCUT2D eigenvalue weighted by Crippen LogP contribution is -2.28. The number of halogens is 1. The van der Waals surface area contributed by atoms with E-state index < -0.39 is 0 Å². The molecule has 90 valence electrons. The molecule has 1 amide bonds. The summed E-state index contributed by atoms with van der Waals surface area (Å²) in [5, 5.41) is 6.61.